The molecule has 0 atom stereocenters. The van der Waals surface area contributed by atoms with Crippen LogP contribution >= 0.6 is 22.6 Å². The van der Waals surface area contributed by atoms with Crippen LogP contribution in [0.25, 0.3) is 0 Å². The molecule has 0 unspecified atom stereocenters. The van der Waals surface area contributed by atoms with Gasteiger partial charge in [0, 0.05) is 14.8 Å². The monoisotopic (exact) mass is 395 g/mol. The number of carbonyl (C=O) groups excluding carboxylic acids is 2. The Balaban J connectivity index is 2.12. The standard InChI is InChI=1S/C16H14INO3/c1-2-21-16(20)12-4-3-5-14(10-12)18-15(19)11-6-8-13(17)9-7-11/h3-10H,2H2,1H3,(H,18,19). The first kappa shape index (κ1) is 15.5. The molecule has 0 aliphatic carbocycles. The van der Waals surface area contributed by atoms with Gasteiger partial charge in [0.25, 0.3) is 5.91 Å². The van der Waals surface area contributed by atoms with Crippen LogP contribution in [0.15, 0.2) is 48.5 Å². The highest BCUT2D eigenvalue weighted by Crippen LogP contribution is 2.14. The largest absolute Gasteiger partial charge is 0.462 e. The summed E-state index contributed by atoms with van der Waals surface area (Å²) in [5.74, 6) is -0.615. The van der Waals surface area contributed by atoms with E-state index in [2.05, 4.69) is 27.9 Å². The molecule has 21 heavy (non-hydrogen) atoms. The molecular weight excluding hydrogens is 381 g/mol. The molecule has 0 aliphatic rings. The third-order valence-corrected chi connectivity index (χ3v) is 3.46. The minimum Gasteiger partial charge on any atom is -0.462 e. The molecule has 0 saturated heterocycles. The second-order valence-electron chi connectivity index (χ2n) is 4.26. The Morgan fingerprint density at radius 3 is 2.48 bits per heavy atom. The molecule has 108 valence electrons. The van der Waals surface area contributed by atoms with Crippen LogP contribution in [0.5, 0.6) is 0 Å². The number of hydrogen-bond acceptors (Lipinski definition) is 3. The maximum atomic E-state index is 12.1. The molecule has 0 fully saturated rings. The van der Waals surface area contributed by atoms with Crippen LogP contribution in [0.1, 0.15) is 27.6 Å². The first-order valence-corrected chi connectivity index (χ1v) is 7.52. The summed E-state index contributed by atoms with van der Waals surface area (Å²) in [5.41, 5.74) is 1.54. The summed E-state index contributed by atoms with van der Waals surface area (Å²) in [5, 5.41) is 2.77. The van der Waals surface area contributed by atoms with Crippen molar-refractivity contribution in [1.82, 2.24) is 0 Å². The average molecular weight is 395 g/mol. The molecule has 0 radical (unpaired) electrons. The topological polar surface area (TPSA) is 55.4 Å². The van der Waals surface area contributed by atoms with Gasteiger partial charge >= 0.3 is 5.97 Å². The van der Waals surface area contributed by atoms with Gasteiger partial charge in [-0.25, -0.2) is 4.79 Å². The van der Waals surface area contributed by atoms with E-state index < -0.39 is 5.97 Å². The highest BCUT2D eigenvalue weighted by molar-refractivity contribution is 14.1. The SMILES string of the molecule is CCOC(=O)c1cccc(NC(=O)c2ccc(I)cc2)c1. The summed E-state index contributed by atoms with van der Waals surface area (Å²) in [4.78, 5) is 23.8. The number of halogens is 1. The second kappa shape index (κ2) is 7.21. The van der Waals surface area contributed by atoms with E-state index in [0.29, 0.717) is 23.4 Å². The lowest BCUT2D eigenvalue weighted by atomic mass is 10.2. The summed E-state index contributed by atoms with van der Waals surface area (Å²) in [7, 11) is 0. The first-order valence-electron chi connectivity index (χ1n) is 6.44. The molecule has 1 amide bonds. The van der Waals surface area contributed by atoms with E-state index in [-0.39, 0.29) is 5.91 Å². The van der Waals surface area contributed by atoms with Crippen molar-refractivity contribution in [3.05, 3.63) is 63.2 Å². The van der Waals surface area contributed by atoms with E-state index in [0.717, 1.165) is 3.57 Å². The van der Waals surface area contributed by atoms with E-state index in [9.17, 15) is 9.59 Å². The van der Waals surface area contributed by atoms with Gasteiger partial charge in [0.1, 0.15) is 0 Å². The molecule has 2 aromatic rings. The van der Waals surface area contributed by atoms with Crippen LogP contribution < -0.4 is 5.32 Å². The van der Waals surface area contributed by atoms with Crippen LogP contribution in [0.4, 0.5) is 5.69 Å². The number of benzene rings is 2. The number of esters is 1. The fourth-order valence-electron chi connectivity index (χ4n) is 1.74. The third-order valence-electron chi connectivity index (χ3n) is 2.74. The van der Waals surface area contributed by atoms with Crippen molar-refractivity contribution in [2.75, 3.05) is 11.9 Å². The molecule has 2 aromatic carbocycles. The van der Waals surface area contributed by atoms with Crippen molar-refractivity contribution < 1.29 is 14.3 Å². The summed E-state index contributed by atoms with van der Waals surface area (Å²) >= 11 is 2.18. The van der Waals surface area contributed by atoms with Crippen LogP contribution in [0.2, 0.25) is 0 Å². The van der Waals surface area contributed by atoms with Crippen molar-refractivity contribution in [1.29, 1.82) is 0 Å². The summed E-state index contributed by atoms with van der Waals surface area (Å²) in [6.45, 7) is 2.07. The zero-order chi connectivity index (χ0) is 15.2. The molecule has 5 heteroatoms. The third kappa shape index (κ3) is 4.29. The number of amides is 1. The maximum Gasteiger partial charge on any atom is 0.338 e. The molecule has 0 aromatic heterocycles. The van der Waals surface area contributed by atoms with E-state index in [4.69, 9.17) is 4.74 Å². The summed E-state index contributed by atoms with van der Waals surface area (Å²) < 4.78 is 6.00. The normalized spacial score (nSPS) is 10.0. The minimum absolute atomic E-state index is 0.215. The molecule has 4 nitrogen and oxygen atoms in total. The zero-order valence-electron chi connectivity index (χ0n) is 11.4. The summed E-state index contributed by atoms with van der Waals surface area (Å²) in [6.07, 6.45) is 0. The molecule has 1 N–H and O–H groups in total. The number of anilines is 1. The van der Waals surface area contributed by atoms with Crippen molar-refractivity contribution >= 4 is 40.2 Å². The van der Waals surface area contributed by atoms with Gasteiger partial charge in [-0.1, -0.05) is 6.07 Å². The lowest BCUT2D eigenvalue weighted by Crippen LogP contribution is -2.12. The first-order chi connectivity index (χ1) is 10.1. The van der Waals surface area contributed by atoms with Gasteiger partial charge in [-0.05, 0) is 72.0 Å². The fourth-order valence-corrected chi connectivity index (χ4v) is 2.10. The zero-order valence-corrected chi connectivity index (χ0v) is 13.6. The Morgan fingerprint density at radius 2 is 1.81 bits per heavy atom. The number of rotatable bonds is 4. The maximum absolute atomic E-state index is 12.1. The van der Waals surface area contributed by atoms with Crippen LogP contribution in [0, 0.1) is 3.57 Å². The average Bonchev–Trinajstić information content (AvgIpc) is 2.48. The molecular formula is C16H14INO3. The molecule has 0 bridgehead atoms. The van der Waals surface area contributed by atoms with Gasteiger partial charge in [-0.3, -0.25) is 4.79 Å². The van der Waals surface area contributed by atoms with Crippen LogP contribution in [0.3, 0.4) is 0 Å². The predicted molar refractivity (Wildman–Crippen MR) is 89.5 cm³/mol. The van der Waals surface area contributed by atoms with Gasteiger partial charge in [0.15, 0.2) is 0 Å². The Bertz CT molecular complexity index is 653. The summed E-state index contributed by atoms with van der Waals surface area (Å²) in [6, 6.07) is 13.9. The Hall–Kier alpha value is -1.89. The molecule has 2 rings (SSSR count). The smallest absolute Gasteiger partial charge is 0.338 e. The van der Waals surface area contributed by atoms with E-state index in [1.54, 1.807) is 43.3 Å². The molecule has 0 heterocycles. The van der Waals surface area contributed by atoms with Gasteiger partial charge in [0.2, 0.25) is 0 Å². The number of ether oxygens (including phenoxy) is 1. The van der Waals surface area contributed by atoms with E-state index in [1.807, 2.05) is 12.1 Å². The molecule has 0 aliphatic heterocycles. The predicted octanol–water partition coefficient (Wildman–Crippen LogP) is 3.72. The van der Waals surface area contributed by atoms with Crippen molar-refractivity contribution in [2.45, 2.75) is 6.92 Å². The van der Waals surface area contributed by atoms with Gasteiger partial charge in [0.05, 0.1) is 12.2 Å². The number of carbonyl (C=O) groups is 2. The molecule has 0 saturated carbocycles. The van der Waals surface area contributed by atoms with Crippen molar-refractivity contribution in [3.8, 4) is 0 Å². The Kier molecular flexibility index (Phi) is 5.32. The Morgan fingerprint density at radius 1 is 1.10 bits per heavy atom. The second-order valence-corrected chi connectivity index (χ2v) is 5.51. The minimum atomic E-state index is -0.400. The van der Waals surface area contributed by atoms with Crippen LogP contribution in [-0.2, 0) is 4.74 Å². The highest BCUT2D eigenvalue weighted by Gasteiger charge is 2.09. The van der Waals surface area contributed by atoms with Crippen molar-refractivity contribution in [3.63, 3.8) is 0 Å². The number of nitrogens with one attached hydrogen (secondary N) is 1. The van der Waals surface area contributed by atoms with Gasteiger partial charge in [-0.2, -0.15) is 0 Å². The van der Waals surface area contributed by atoms with Gasteiger partial charge in [-0.15, -0.1) is 0 Å². The Labute approximate surface area is 136 Å². The lowest BCUT2D eigenvalue weighted by Gasteiger charge is -2.07. The molecule has 0 spiro atoms. The van der Waals surface area contributed by atoms with E-state index >= 15 is 0 Å². The fraction of sp³-hybridized carbons (Fsp3) is 0.125. The quantitative estimate of drug-likeness (QED) is 0.634. The number of hydrogen-bond donors (Lipinski definition) is 1. The van der Waals surface area contributed by atoms with E-state index in [1.165, 1.54) is 0 Å². The van der Waals surface area contributed by atoms with Crippen LogP contribution in [-0.4, -0.2) is 18.5 Å². The lowest BCUT2D eigenvalue weighted by molar-refractivity contribution is 0.0526. The highest BCUT2D eigenvalue weighted by atomic mass is 127. The van der Waals surface area contributed by atoms with Crippen molar-refractivity contribution in [2.24, 2.45) is 0 Å². The van der Waals surface area contributed by atoms with Gasteiger partial charge < -0.3 is 10.1 Å².